The van der Waals surface area contributed by atoms with Crippen LogP contribution in [0, 0.1) is 23.7 Å². The van der Waals surface area contributed by atoms with Crippen LogP contribution in [0.2, 0.25) is 0 Å². The average Bonchev–Trinajstić information content (AvgIpc) is 2.60. The highest BCUT2D eigenvalue weighted by atomic mass is 16.4. The molecule has 2 saturated carbocycles. The van der Waals surface area contributed by atoms with E-state index in [2.05, 4.69) is 6.92 Å². The molecule has 0 aromatic rings. The molecule has 0 bridgehead atoms. The Morgan fingerprint density at radius 3 is 2.00 bits per heavy atom. The molecule has 0 unspecified atom stereocenters. The van der Waals surface area contributed by atoms with Crippen LogP contribution >= 0.6 is 0 Å². The van der Waals surface area contributed by atoms with Crippen molar-refractivity contribution >= 4 is 5.97 Å². The van der Waals surface area contributed by atoms with E-state index >= 15 is 0 Å². The second-order valence-corrected chi connectivity index (χ2v) is 8.26. The fourth-order valence-corrected chi connectivity index (χ4v) is 5.18. The Hall–Kier alpha value is -0.790. The summed E-state index contributed by atoms with van der Waals surface area (Å²) in [5.74, 6) is 2.42. The number of hydrogen-bond donors (Lipinski definition) is 1. The number of carboxylic acids is 1. The molecule has 0 aliphatic heterocycles. The van der Waals surface area contributed by atoms with Gasteiger partial charge in [0.25, 0.3) is 0 Å². The normalized spacial score (nSPS) is 31.8. The lowest BCUT2D eigenvalue weighted by Crippen LogP contribution is -2.27. The van der Waals surface area contributed by atoms with Crippen molar-refractivity contribution in [1.82, 2.24) is 0 Å². The molecule has 0 atom stereocenters. The number of unbranched alkanes of at least 4 members (excludes halogenated alkanes) is 2. The number of carbonyl (C=O) groups is 1. The molecule has 24 heavy (non-hydrogen) atoms. The summed E-state index contributed by atoms with van der Waals surface area (Å²) in [5.41, 5.74) is 0.690. The van der Waals surface area contributed by atoms with E-state index in [0.717, 1.165) is 37.0 Å². The zero-order chi connectivity index (χ0) is 17.4. The summed E-state index contributed by atoms with van der Waals surface area (Å²) in [6, 6.07) is 0. The van der Waals surface area contributed by atoms with Gasteiger partial charge in [0.1, 0.15) is 0 Å². The van der Waals surface area contributed by atoms with Gasteiger partial charge in [0.15, 0.2) is 0 Å². The van der Waals surface area contributed by atoms with Crippen molar-refractivity contribution in [3.63, 3.8) is 0 Å². The monoisotopic (exact) mass is 334 g/mol. The quantitative estimate of drug-likeness (QED) is 0.401. The van der Waals surface area contributed by atoms with E-state index in [9.17, 15) is 9.90 Å². The Morgan fingerprint density at radius 2 is 1.50 bits per heavy atom. The van der Waals surface area contributed by atoms with Gasteiger partial charge in [-0.2, -0.15) is 0 Å². The first-order valence-corrected chi connectivity index (χ1v) is 10.6. The molecule has 2 aliphatic carbocycles. The van der Waals surface area contributed by atoms with Crippen LogP contribution in [0.4, 0.5) is 0 Å². The Morgan fingerprint density at radius 1 is 0.917 bits per heavy atom. The second kappa shape index (κ2) is 10.3. The van der Waals surface area contributed by atoms with Crippen LogP contribution in [0.25, 0.3) is 0 Å². The summed E-state index contributed by atoms with van der Waals surface area (Å²) in [5, 5.41) is 9.42. The topological polar surface area (TPSA) is 37.3 Å². The molecule has 1 N–H and O–H groups in total. The fraction of sp³-hybridized carbons (Fsp3) is 0.864. The Bertz CT molecular complexity index is 396. The first kappa shape index (κ1) is 19.5. The highest BCUT2D eigenvalue weighted by molar-refractivity contribution is 5.87. The van der Waals surface area contributed by atoms with Crippen molar-refractivity contribution < 1.29 is 9.90 Å². The predicted molar refractivity (Wildman–Crippen MR) is 101 cm³/mol. The highest BCUT2D eigenvalue weighted by Crippen LogP contribution is 2.43. The lowest BCUT2D eigenvalue weighted by atomic mass is 9.67. The number of rotatable bonds is 8. The van der Waals surface area contributed by atoms with Crippen molar-refractivity contribution in [3.8, 4) is 0 Å². The SMILES string of the molecule is CCC=C(C(=O)O)C1CCC(C2CCC(CCCCC)CC2)CC1. The summed E-state index contributed by atoms with van der Waals surface area (Å²) >= 11 is 0. The third kappa shape index (κ3) is 5.63. The summed E-state index contributed by atoms with van der Waals surface area (Å²) in [7, 11) is 0. The van der Waals surface area contributed by atoms with Crippen LogP contribution in [0.3, 0.4) is 0 Å². The summed E-state index contributed by atoms with van der Waals surface area (Å²) in [4.78, 5) is 11.4. The Labute approximate surface area is 149 Å². The molecule has 2 fully saturated rings. The molecule has 0 amide bonds. The van der Waals surface area contributed by atoms with Crippen molar-refractivity contribution in [3.05, 3.63) is 11.6 Å². The van der Waals surface area contributed by atoms with Gasteiger partial charge in [-0.1, -0.05) is 58.4 Å². The van der Waals surface area contributed by atoms with Crippen molar-refractivity contribution in [1.29, 1.82) is 0 Å². The summed E-state index contributed by atoms with van der Waals surface area (Å²) < 4.78 is 0. The maximum Gasteiger partial charge on any atom is 0.331 e. The van der Waals surface area contributed by atoms with Gasteiger partial charge in [0.05, 0.1) is 0 Å². The maximum absolute atomic E-state index is 11.4. The van der Waals surface area contributed by atoms with E-state index in [0.29, 0.717) is 11.5 Å². The zero-order valence-corrected chi connectivity index (χ0v) is 15.9. The van der Waals surface area contributed by atoms with E-state index in [-0.39, 0.29) is 0 Å². The molecule has 0 radical (unpaired) electrons. The number of carboxylic acid groups (broad SMARTS) is 1. The third-order valence-electron chi connectivity index (χ3n) is 6.66. The molecule has 0 spiro atoms. The number of aliphatic carboxylic acids is 1. The fourth-order valence-electron chi connectivity index (χ4n) is 5.18. The van der Waals surface area contributed by atoms with Crippen LogP contribution in [-0.2, 0) is 4.79 Å². The lowest BCUT2D eigenvalue weighted by Gasteiger charge is -2.38. The smallest absolute Gasteiger partial charge is 0.331 e. The standard InChI is InChI=1S/C22H38O2/c1-3-5-6-8-17-9-11-18(12-10-17)19-13-15-20(16-14-19)21(7-4-2)22(23)24/h7,17-20H,3-6,8-16H2,1-2H3,(H,23,24). The highest BCUT2D eigenvalue weighted by Gasteiger charge is 2.32. The first-order valence-electron chi connectivity index (χ1n) is 10.6. The van der Waals surface area contributed by atoms with Gasteiger partial charge in [-0.15, -0.1) is 0 Å². The lowest BCUT2D eigenvalue weighted by molar-refractivity contribution is -0.133. The van der Waals surface area contributed by atoms with Crippen LogP contribution in [-0.4, -0.2) is 11.1 Å². The van der Waals surface area contributed by atoms with E-state index in [4.69, 9.17) is 0 Å². The van der Waals surface area contributed by atoms with Gasteiger partial charge < -0.3 is 5.11 Å². The molecule has 2 nitrogen and oxygen atoms in total. The second-order valence-electron chi connectivity index (χ2n) is 8.26. The minimum absolute atomic E-state index is 0.309. The van der Waals surface area contributed by atoms with E-state index < -0.39 is 5.97 Å². The Kier molecular flexibility index (Phi) is 8.35. The molecular formula is C22H38O2. The molecule has 0 saturated heterocycles. The molecule has 2 rings (SSSR count). The molecule has 2 heteroatoms. The van der Waals surface area contributed by atoms with E-state index in [1.54, 1.807) is 0 Å². The van der Waals surface area contributed by atoms with Gasteiger partial charge in [-0.05, 0) is 68.6 Å². The van der Waals surface area contributed by atoms with Gasteiger partial charge in [0, 0.05) is 5.57 Å². The number of allylic oxidation sites excluding steroid dienone is 1. The van der Waals surface area contributed by atoms with Crippen LogP contribution < -0.4 is 0 Å². The summed E-state index contributed by atoms with van der Waals surface area (Å²) in [6.07, 6.45) is 18.9. The van der Waals surface area contributed by atoms with Crippen molar-refractivity contribution in [2.45, 2.75) is 97.3 Å². The van der Waals surface area contributed by atoms with Gasteiger partial charge >= 0.3 is 5.97 Å². The minimum Gasteiger partial charge on any atom is -0.478 e. The maximum atomic E-state index is 11.4. The van der Waals surface area contributed by atoms with Crippen LogP contribution in [0.5, 0.6) is 0 Å². The third-order valence-corrected chi connectivity index (χ3v) is 6.66. The minimum atomic E-state index is -0.687. The van der Waals surface area contributed by atoms with Gasteiger partial charge in [-0.3, -0.25) is 0 Å². The van der Waals surface area contributed by atoms with Gasteiger partial charge in [0.2, 0.25) is 0 Å². The molecule has 2 aliphatic rings. The van der Waals surface area contributed by atoms with E-state index in [1.807, 2.05) is 13.0 Å². The average molecular weight is 335 g/mol. The molecular weight excluding hydrogens is 296 g/mol. The van der Waals surface area contributed by atoms with Crippen molar-refractivity contribution in [2.75, 3.05) is 0 Å². The number of hydrogen-bond acceptors (Lipinski definition) is 1. The molecule has 138 valence electrons. The molecule has 0 aromatic carbocycles. The van der Waals surface area contributed by atoms with Crippen molar-refractivity contribution in [2.24, 2.45) is 23.7 Å². The first-order chi connectivity index (χ1) is 11.7. The largest absolute Gasteiger partial charge is 0.478 e. The van der Waals surface area contributed by atoms with Gasteiger partial charge in [-0.25, -0.2) is 4.79 Å². The zero-order valence-electron chi connectivity index (χ0n) is 15.9. The molecule has 0 aromatic heterocycles. The van der Waals surface area contributed by atoms with Crippen LogP contribution in [0.1, 0.15) is 97.3 Å². The van der Waals surface area contributed by atoms with Crippen LogP contribution in [0.15, 0.2) is 11.6 Å². The Balaban J connectivity index is 1.73. The van der Waals surface area contributed by atoms with E-state index in [1.165, 1.54) is 64.2 Å². The summed E-state index contributed by atoms with van der Waals surface area (Å²) in [6.45, 7) is 4.33. The predicted octanol–water partition coefficient (Wildman–Crippen LogP) is 6.60. The molecule has 0 heterocycles.